The lowest BCUT2D eigenvalue weighted by atomic mass is 10.0. The van der Waals surface area contributed by atoms with Gasteiger partial charge in [0.05, 0.1) is 30.8 Å². The number of aryl methyl sites for hydroxylation is 1. The van der Waals surface area contributed by atoms with Crippen LogP contribution >= 0.6 is 7.82 Å². The molecule has 1 aromatic carbocycles. The maximum absolute atomic E-state index is 14.0. The predicted octanol–water partition coefficient (Wildman–Crippen LogP) is -0.224. The van der Waals surface area contributed by atoms with Crippen LogP contribution in [-0.2, 0) is 55.7 Å². The molecule has 2 aromatic heterocycles. The Morgan fingerprint density at radius 2 is 1.68 bits per heavy atom. The van der Waals surface area contributed by atoms with Gasteiger partial charge in [-0.15, -0.1) is 0 Å². The largest absolute Gasteiger partial charge is 0.469 e. The Labute approximate surface area is 364 Å². The molecule has 3 aromatic rings. The van der Waals surface area contributed by atoms with Crippen molar-refractivity contribution < 1.29 is 57.6 Å². The maximum Gasteiger partial charge on any atom is 0.469 e. The number of phosphoric acid groups is 1. The van der Waals surface area contributed by atoms with E-state index in [1.165, 1.54) is 24.3 Å². The molecular formula is C40H57N10O12P. The number of nitrogens with zero attached hydrogens (tertiary/aromatic N) is 5. The molecule has 0 aliphatic carbocycles. The average molecular weight is 901 g/mol. The van der Waals surface area contributed by atoms with Crippen LogP contribution < -0.4 is 27.0 Å². The molecule has 9 N–H and O–H groups in total. The first-order chi connectivity index (χ1) is 29.9. The zero-order chi connectivity index (χ0) is 46.3. The molecule has 1 aliphatic rings. The summed E-state index contributed by atoms with van der Waals surface area (Å²) in [6.07, 6.45) is 6.84. The number of aromatic nitrogens is 3. The summed E-state index contributed by atoms with van der Waals surface area (Å²) in [6.45, 7) is 6.19. The summed E-state index contributed by atoms with van der Waals surface area (Å²) in [4.78, 5) is 113. The predicted molar refractivity (Wildman–Crippen MR) is 227 cm³/mol. The first-order valence-electron chi connectivity index (χ1n) is 20.5. The molecular weight excluding hydrogens is 843 g/mol. The number of nitrogens with two attached hydrogens (primary N) is 1. The lowest BCUT2D eigenvalue weighted by Gasteiger charge is -2.28. The molecule has 0 radical (unpaired) electrons. The Hall–Kier alpha value is -5.80. The molecule has 1 aliphatic heterocycles. The van der Waals surface area contributed by atoms with Gasteiger partial charge in [-0.1, -0.05) is 37.2 Å². The van der Waals surface area contributed by atoms with Crippen LogP contribution in [-0.4, -0.2) is 132 Å². The van der Waals surface area contributed by atoms with Crippen molar-refractivity contribution in [2.24, 2.45) is 16.8 Å². The topological polar surface area (TPSA) is 319 Å². The number of rotatable bonds is 24. The number of para-hydroxylation sites is 1. The highest BCUT2D eigenvalue weighted by Gasteiger charge is 2.37. The highest BCUT2D eigenvalue weighted by Crippen LogP contribution is 2.38. The molecule has 63 heavy (non-hydrogen) atoms. The number of hydrogen-bond acceptors (Lipinski definition) is 13. The third kappa shape index (κ3) is 15.5. The molecule has 23 heteroatoms. The third-order valence-corrected chi connectivity index (χ3v) is 10.7. The molecule has 6 atom stereocenters. The van der Waals surface area contributed by atoms with Crippen molar-refractivity contribution in [1.29, 1.82) is 0 Å². The fourth-order valence-electron chi connectivity index (χ4n) is 6.97. The second-order valence-electron chi connectivity index (χ2n) is 15.6. The molecule has 22 nitrogen and oxygen atoms in total. The number of aliphatic hydroxyl groups excluding tert-OH is 1. The van der Waals surface area contributed by atoms with E-state index < -0.39 is 80.3 Å². The van der Waals surface area contributed by atoms with E-state index in [4.69, 9.17) is 10.6 Å². The number of carbonyl (C=O) groups is 6. The Kier molecular flexibility index (Phi) is 18.7. The van der Waals surface area contributed by atoms with Crippen LogP contribution in [0.25, 0.3) is 10.9 Å². The van der Waals surface area contributed by atoms with E-state index in [1.807, 2.05) is 44.2 Å². The number of pyridine rings is 1. The van der Waals surface area contributed by atoms with Gasteiger partial charge in [0.2, 0.25) is 35.4 Å². The van der Waals surface area contributed by atoms with Gasteiger partial charge in [-0.2, -0.15) is 0 Å². The Balaban J connectivity index is 1.47. The molecule has 6 amide bonds. The Bertz CT molecular complexity index is 2150. The van der Waals surface area contributed by atoms with Crippen molar-refractivity contribution in [3.63, 3.8) is 0 Å². The van der Waals surface area contributed by atoms with Gasteiger partial charge < -0.3 is 56.2 Å². The molecule has 1 saturated heterocycles. The van der Waals surface area contributed by atoms with Crippen molar-refractivity contribution >= 4 is 60.4 Å². The van der Waals surface area contributed by atoms with E-state index >= 15 is 0 Å². The molecule has 1 fully saturated rings. The number of unbranched alkanes of at least 4 members (excludes halogenated alkanes) is 1. The molecule has 3 heterocycles. The van der Waals surface area contributed by atoms with Crippen molar-refractivity contribution in [1.82, 2.24) is 40.7 Å². The minimum absolute atomic E-state index is 0.106. The van der Waals surface area contributed by atoms with Gasteiger partial charge in [-0.25, -0.2) is 9.55 Å². The van der Waals surface area contributed by atoms with Crippen LogP contribution in [0.15, 0.2) is 54.2 Å². The maximum atomic E-state index is 14.0. The minimum atomic E-state index is -5.13. The van der Waals surface area contributed by atoms with Gasteiger partial charge in [-0.05, 0) is 57.1 Å². The van der Waals surface area contributed by atoms with Crippen LogP contribution in [0.3, 0.4) is 0 Å². The van der Waals surface area contributed by atoms with Gasteiger partial charge in [0, 0.05) is 55.5 Å². The van der Waals surface area contributed by atoms with Crippen LogP contribution in [0, 0.1) is 5.92 Å². The van der Waals surface area contributed by atoms with E-state index in [0.717, 1.165) is 23.4 Å². The zero-order valence-electron chi connectivity index (χ0n) is 35.6. The summed E-state index contributed by atoms with van der Waals surface area (Å²) in [6, 6.07) is 2.74. The summed E-state index contributed by atoms with van der Waals surface area (Å²) < 4.78 is 17.6. The van der Waals surface area contributed by atoms with E-state index in [2.05, 4.69) is 40.9 Å². The third-order valence-electron chi connectivity index (χ3n) is 10.1. The van der Waals surface area contributed by atoms with E-state index in [-0.39, 0.29) is 24.7 Å². The summed E-state index contributed by atoms with van der Waals surface area (Å²) in [5.41, 5.74) is 7.48. The number of imidazole rings is 1. The monoisotopic (exact) mass is 900 g/mol. The summed E-state index contributed by atoms with van der Waals surface area (Å²) in [7, 11) is -5.13. The fraction of sp³-hybridized carbons (Fsp3) is 0.525. The SMILES string of the molecule is CC(=O)N1CCC[C@H]1C(=O)N[C@@H](CC(C)C)C(=O)N[C@@H](Cc1cncn1CCCCO/N=C/c1cnc2ccccc2c1)C(=O)N[C@@H](CO)C(=O)N[C@H](C(N)=O)[C@@H](C)OP(=O)(O)O. The number of amides is 6. The number of benzene rings is 1. The highest BCUT2D eigenvalue weighted by atomic mass is 31.2. The lowest BCUT2D eigenvalue weighted by Crippen LogP contribution is -2.61. The number of hydrogen-bond donors (Lipinski definition) is 8. The molecule has 344 valence electrons. The number of likely N-dealkylation sites (tertiary alicyclic amines) is 1. The van der Waals surface area contributed by atoms with Crippen molar-refractivity contribution in [3.8, 4) is 0 Å². The normalized spacial score (nSPS) is 16.6. The number of primary amides is 1. The standard InChI is InChI=1S/C40H57N10O12P/c1-24(2)16-31(46-40(57)34-12-9-14-50(34)26(4)52)37(54)45-32(38(55)47-33(22-51)39(56)48-35(36(41)53)25(3)62-63(58,59)60)18-29-21-42-23-49(29)13-7-8-15-61-44-20-27-17-28-10-5-6-11-30(28)43-19-27/h5-6,10-11,17,19-21,23-25,31-35,51H,7-9,12-16,18,22H2,1-4H3,(H2,41,53)(H,45,54)(H,46,57)(H,47,55)(H,48,56)(H2,58,59,60)/b44-20+/t25-,31+,32+,33+,34+,35+/m1/s1. The summed E-state index contributed by atoms with van der Waals surface area (Å²) >= 11 is 0. The second-order valence-corrected chi connectivity index (χ2v) is 16.8. The smallest absolute Gasteiger partial charge is 0.396 e. The van der Waals surface area contributed by atoms with Crippen molar-refractivity contribution in [2.45, 2.75) is 109 Å². The molecule has 4 rings (SSSR count). The van der Waals surface area contributed by atoms with Crippen molar-refractivity contribution in [2.75, 3.05) is 19.8 Å². The van der Waals surface area contributed by atoms with Crippen LogP contribution in [0.2, 0.25) is 0 Å². The van der Waals surface area contributed by atoms with Crippen LogP contribution in [0.1, 0.15) is 71.1 Å². The lowest BCUT2D eigenvalue weighted by molar-refractivity contribution is -0.139. The number of carbonyl (C=O) groups excluding carboxylic acids is 6. The summed E-state index contributed by atoms with van der Waals surface area (Å²) in [5, 5.41) is 25.1. The fourth-order valence-corrected chi connectivity index (χ4v) is 7.53. The first-order valence-corrected chi connectivity index (χ1v) is 22.0. The Morgan fingerprint density at radius 1 is 0.984 bits per heavy atom. The van der Waals surface area contributed by atoms with E-state index in [0.29, 0.717) is 51.1 Å². The van der Waals surface area contributed by atoms with Gasteiger partial charge in [0.1, 0.15) is 36.8 Å². The highest BCUT2D eigenvalue weighted by molar-refractivity contribution is 7.46. The number of aliphatic hydroxyl groups is 1. The quantitative estimate of drug-likeness (QED) is 0.0250. The minimum Gasteiger partial charge on any atom is -0.396 e. The van der Waals surface area contributed by atoms with Crippen LogP contribution in [0.4, 0.5) is 0 Å². The number of nitrogens with one attached hydrogen (secondary N) is 4. The second kappa shape index (κ2) is 23.6. The average Bonchev–Trinajstić information content (AvgIpc) is 3.90. The Morgan fingerprint density at radius 3 is 2.37 bits per heavy atom. The number of fused-ring (bicyclic) bond motifs is 1. The van der Waals surface area contributed by atoms with E-state index in [1.54, 1.807) is 17.0 Å². The van der Waals surface area contributed by atoms with Gasteiger partial charge in [0.25, 0.3) is 0 Å². The van der Waals surface area contributed by atoms with Gasteiger partial charge in [0.15, 0.2) is 0 Å². The van der Waals surface area contributed by atoms with E-state index in [9.17, 15) is 48.2 Å². The number of oxime groups is 1. The summed E-state index contributed by atoms with van der Waals surface area (Å²) in [5.74, 6) is -5.01. The number of phosphoric ester groups is 1. The first kappa shape index (κ1) is 49.9. The van der Waals surface area contributed by atoms with Crippen molar-refractivity contribution in [3.05, 3.63) is 60.3 Å². The molecule has 0 saturated carbocycles. The van der Waals surface area contributed by atoms with Crippen LogP contribution in [0.5, 0.6) is 0 Å². The zero-order valence-corrected chi connectivity index (χ0v) is 36.5. The molecule has 0 bridgehead atoms. The van der Waals surface area contributed by atoms with Gasteiger partial charge >= 0.3 is 7.82 Å². The molecule has 0 spiro atoms. The van der Waals surface area contributed by atoms with Gasteiger partial charge in [-0.3, -0.25) is 38.3 Å². The molecule has 0 unspecified atom stereocenters.